The van der Waals surface area contributed by atoms with E-state index in [-0.39, 0.29) is 5.75 Å². The summed E-state index contributed by atoms with van der Waals surface area (Å²) in [4.78, 5) is 10.5. The Kier molecular flexibility index (Phi) is 6.09. The van der Waals surface area contributed by atoms with E-state index < -0.39 is 18.4 Å². The van der Waals surface area contributed by atoms with Crippen LogP contribution >= 0.6 is 0 Å². The highest BCUT2D eigenvalue weighted by Gasteiger charge is 2.08. The summed E-state index contributed by atoms with van der Waals surface area (Å²) >= 11 is 0. The van der Waals surface area contributed by atoms with Gasteiger partial charge in [-0.25, -0.2) is 9.18 Å². The van der Waals surface area contributed by atoms with Gasteiger partial charge in [-0.3, -0.25) is 0 Å². The van der Waals surface area contributed by atoms with E-state index in [1.54, 1.807) is 6.07 Å². The van der Waals surface area contributed by atoms with Gasteiger partial charge in [0.05, 0.1) is 0 Å². The van der Waals surface area contributed by atoms with Gasteiger partial charge in [0, 0.05) is 0 Å². The Bertz CT molecular complexity index is 995. The molecule has 3 rings (SSSR count). The zero-order valence-electron chi connectivity index (χ0n) is 16.0. The maximum absolute atomic E-state index is 14.1. The number of aliphatic carboxylic acids is 1. The van der Waals surface area contributed by atoms with Gasteiger partial charge in [-0.1, -0.05) is 54.1 Å². The maximum Gasteiger partial charge on any atom is 0.341 e. The third-order valence-corrected chi connectivity index (χ3v) is 4.67. The maximum atomic E-state index is 14.1. The van der Waals surface area contributed by atoms with Crippen molar-refractivity contribution in [1.82, 2.24) is 0 Å². The molecule has 3 nitrogen and oxygen atoms in total. The molecular formula is C24H23FO3. The molecule has 28 heavy (non-hydrogen) atoms. The number of rotatable bonds is 7. The Labute approximate surface area is 164 Å². The second kappa shape index (κ2) is 8.70. The van der Waals surface area contributed by atoms with E-state index in [0.29, 0.717) is 6.42 Å². The smallest absolute Gasteiger partial charge is 0.341 e. The number of aryl methyl sites for hydroxylation is 4. The standard InChI is InChI=1S/C24H23FO3/c1-16-6-10-21(17(2)12-16)20-5-3-4-18(13-20)7-8-19-9-11-23(22(25)14-19)28-15-24(26)27/h3-6,9-14H,7-8,15H2,1-2H3,(H,26,27). The molecule has 0 aliphatic heterocycles. The first-order valence-electron chi connectivity index (χ1n) is 9.22. The monoisotopic (exact) mass is 378 g/mol. The molecule has 0 atom stereocenters. The van der Waals surface area contributed by atoms with Gasteiger partial charge in [0.25, 0.3) is 0 Å². The van der Waals surface area contributed by atoms with Gasteiger partial charge in [-0.15, -0.1) is 0 Å². The van der Waals surface area contributed by atoms with Crippen molar-refractivity contribution in [3.63, 3.8) is 0 Å². The van der Waals surface area contributed by atoms with E-state index in [0.717, 1.165) is 12.0 Å². The summed E-state index contributed by atoms with van der Waals surface area (Å²) in [5, 5.41) is 8.62. The lowest BCUT2D eigenvalue weighted by molar-refractivity contribution is -0.139. The van der Waals surface area contributed by atoms with Crippen molar-refractivity contribution < 1.29 is 19.0 Å². The molecule has 0 saturated heterocycles. The van der Waals surface area contributed by atoms with Gasteiger partial charge >= 0.3 is 5.97 Å². The average molecular weight is 378 g/mol. The third-order valence-electron chi connectivity index (χ3n) is 4.67. The molecule has 3 aromatic carbocycles. The summed E-state index contributed by atoms with van der Waals surface area (Å²) < 4.78 is 19.0. The first-order chi connectivity index (χ1) is 13.4. The van der Waals surface area contributed by atoms with Crippen molar-refractivity contribution >= 4 is 5.97 Å². The number of carboxylic acid groups (broad SMARTS) is 1. The Balaban J connectivity index is 1.70. The van der Waals surface area contributed by atoms with Crippen LogP contribution in [0.4, 0.5) is 4.39 Å². The van der Waals surface area contributed by atoms with Gasteiger partial charge < -0.3 is 9.84 Å². The van der Waals surface area contributed by atoms with Gasteiger partial charge in [-0.05, 0) is 66.6 Å². The van der Waals surface area contributed by atoms with Crippen LogP contribution in [0.2, 0.25) is 0 Å². The predicted molar refractivity (Wildman–Crippen MR) is 108 cm³/mol. The quantitative estimate of drug-likeness (QED) is 0.602. The molecule has 0 aliphatic carbocycles. The van der Waals surface area contributed by atoms with Crippen LogP contribution in [0.15, 0.2) is 60.7 Å². The summed E-state index contributed by atoms with van der Waals surface area (Å²) in [6, 6.07) is 19.5. The average Bonchev–Trinajstić information content (AvgIpc) is 2.65. The van der Waals surface area contributed by atoms with Crippen LogP contribution in [0.5, 0.6) is 5.75 Å². The highest BCUT2D eigenvalue weighted by molar-refractivity contribution is 5.69. The van der Waals surface area contributed by atoms with Crippen molar-refractivity contribution in [3.8, 4) is 16.9 Å². The number of ether oxygens (including phenoxy) is 1. The van der Waals surface area contributed by atoms with Gasteiger partial charge in [0.2, 0.25) is 0 Å². The molecular weight excluding hydrogens is 355 g/mol. The van der Waals surface area contributed by atoms with Gasteiger partial charge in [0.1, 0.15) is 0 Å². The van der Waals surface area contributed by atoms with Crippen LogP contribution in [0.3, 0.4) is 0 Å². The first-order valence-corrected chi connectivity index (χ1v) is 9.22. The van der Waals surface area contributed by atoms with E-state index in [9.17, 15) is 9.18 Å². The molecule has 1 N–H and O–H groups in total. The highest BCUT2D eigenvalue weighted by atomic mass is 19.1. The number of hydrogen-bond donors (Lipinski definition) is 1. The number of carboxylic acids is 1. The minimum absolute atomic E-state index is 0.0389. The molecule has 0 heterocycles. The molecule has 0 aliphatic rings. The molecule has 0 amide bonds. The molecule has 0 bridgehead atoms. The molecule has 0 saturated carbocycles. The van der Waals surface area contributed by atoms with Crippen molar-refractivity contribution in [3.05, 3.63) is 88.7 Å². The number of benzene rings is 3. The second-order valence-electron chi connectivity index (χ2n) is 6.97. The Morgan fingerprint density at radius 3 is 2.39 bits per heavy atom. The SMILES string of the molecule is Cc1ccc(-c2cccc(CCc3ccc(OCC(=O)O)c(F)c3)c2)c(C)c1. The van der Waals surface area contributed by atoms with Crippen molar-refractivity contribution in [2.45, 2.75) is 26.7 Å². The molecule has 144 valence electrons. The molecule has 0 fully saturated rings. The molecule has 0 radical (unpaired) electrons. The topological polar surface area (TPSA) is 46.5 Å². The third kappa shape index (κ3) is 4.97. The molecule has 0 unspecified atom stereocenters. The number of carbonyl (C=O) groups is 1. The normalized spacial score (nSPS) is 10.7. The Hall–Kier alpha value is -3.14. The van der Waals surface area contributed by atoms with Crippen LogP contribution in [-0.2, 0) is 17.6 Å². The van der Waals surface area contributed by atoms with Crippen molar-refractivity contribution in [2.75, 3.05) is 6.61 Å². The Morgan fingerprint density at radius 1 is 0.964 bits per heavy atom. The van der Waals surface area contributed by atoms with Crippen molar-refractivity contribution in [2.24, 2.45) is 0 Å². The molecule has 3 aromatic rings. The Morgan fingerprint density at radius 2 is 1.71 bits per heavy atom. The largest absolute Gasteiger partial charge is 0.479 e. The van der Waals surface area contributed by atoms with Crippen LogP contribution < -0.4 is 4.74 Å². The van der Waals surface area contributed by atoms with Gasteiger partial charge in [-0.2, -0.15) is 0 Å². The minimum atomic E-state index is -1.13. The van der Waals surface area contributed by atoms with E-state index >= 15 is 0 Å². The molecule has 4 heteroatoms. The lowest BCUT2D eigenvalue weighted by Crippen LogP contribution is -2.10. The summed E-state index contributed by atoms with van der Waals surface area (Å²) in [6.45, 7) is 3.65. The fourth-order valence-electron chi connectivity index (χ4n) is 3.28. The van der Waals surface area contributed by atoms with E-state index in [4.69, 9.17) is 9.84 Å². The van der Waals surface area contributed by atoms with Crippen LogP contribution in [-0.4, -0.2) is 17.7 Å². The summed E-state index contributed by atoms with van der Waals surface area (Å²) in [5.74, 6) is -1.71. The fraction of sp³-hybridized carbons (Fsp3) is 0.208. The van der Waals surface area contributed by atoms with Crippen LogP contribution in [0.25, 0.3) is 11.1 Å². The minimum Gasteiger partial charge on any atom is -0.479 e. The predicted octanol–water partition coefficient (Wildman–Crippen LogP) is 5.36. The summed E-state index contributed by atoms with van der Waals surface area (Å²) in [7, 11) is 0. The summed E-state index contributed by atoms with van der Waals surface area (Å²) in [6.07, 6.45) is 1.47. The van der Waals surface area contributed by atoms with E-state index in [1.807, 2.05) is 6.07 Å². The lowest BCUT2D eigenvalue weighted by Gasteiger charge is -2.10. The van der Waals surface area contributed by atoms with E-state index in [2.05, 4.69) is 50.2 Å². The first kappa shape index (κ1) is 19.6. The highest BCUT2D eigenvalue weighted by Crippen LogP contribution is 2.26. The number of halogens is 1. The zero-order chi connectivity index (χ0) is 20.1. The van der Waals surface area contributed by atoms with Gasteiger partial charge in [0.15, 0.2) is 18.2 Å². The van der Waals surface area contributed by atoms with Crippen LogP contribution in [0, 0.1) is 19.7 Å². The summed E-state index contributed by atoms with van der Waals surface area (Å²) in [5.41, 5.74) is 6.92. The molecule has 0 aromatic heterocycles. The zero-order valence-corrected chi connectivity index (χ0v) is 16.0. The second-order valence-corrected chi connectivity index (χ2v) is 6.97. The fourth-order valence-corrected chi connectivity index (χ4v) is 3.28. The lowest BCUT2D eigenvalue weighted by atomic mass is 9.95. The van der Waals surface area contributed by atoms with Crippen LogP contribution in [0.1, 0.15) is 22.3 Å². The number of hydrogen-bond acceptors (Lipinski definition) is 2. The molecule has 0 spiro atoms. The van der Waals surface area contributed by atoms with Crippen molar-refractivity contribution in [1.29, 1.82) is 0 Å². The van der Waals surface area contributed by atoms with E-state index in [1.165, 1.54) is 39.9 Å².